The molecule has 0 aliphatic heterocycles. The van der Waals surface area contributed by atoms with Crippen LogP contribution in [0.25, 0.3) is 0 Å². The molecule has 0 spiro atoms. The van der Waals surface area contributed by atoms with Gasteiger partial charge in [0.15, 0.2) is 0 Å². The lowest BCUT2D eigenvalue weighted by Gasteiger charge is -2.16. The van der Waals surface area contributed by atoms with Gasteiger partial charge in [0.2, 0.25) is 0 Å². The lowest BCUT2D eigenvalue weighted by Crippen LogP contribution is -2.26. The Hall–Kier alpha value is -1.39. The molecule has 0 fully saturated rings. The Morgan fingerprint density at radius 1 is 1.44 bits per heavy atom. The molecule has 1 aromatic carbocycles. The van der Waals surface area contributed by atoms with Crippen molar-refractivity contribution in [1.29, 1.82) is 0 Å². The zero-order chi connectivity index (χ0) is 12.0. The SMILES string of the molecule is CNCCc1ccccc1C(=O)N(C)OC. The summed E-state index contributed by atoms with van der Waals surface area (Å²) in [6, 6.07) is 7.59. The zero-order valence-corrected chi connectivity index (χ0v) is 9.99. The van der Waals surface area contributed by atoms with Crippen LogP contribution in [-0.2, 0) is 11.3 Å². The van der Waals surface area contributed by atoms with Gasteiger partial charge in [0, 0.05) is 12.6 Å². The highest BCUT2D eigenvalue weighted by atomic mass is 16.7. The molecular weight excluding hydrogens is 204 g/mol. The van der Waals surface area contributed by atoms with Gasteiger partial charge in [0.1, 0.15) is 0 Å². The molecule has 0 aliphatic carbocycles. The monoisotopic (exact) mass is 222 g/mol. The highest BCUT2D eigenvalue weighted by Gasteiger charge is 2.14. The summed E-state index contributed by atoms with van der Waals surface area (Å²) in [4.78, 5) is 16.8. The number of nitrogens with one attached hydrogen (secondary N) is 1. The van der Waals surface area contributed by atoms with Crippen LogP contribution in [-0.4, -0.2) is 38.7 Å². The molecule has 4 heteroatoms. The van der Waals surface area contributed by atoms with Crippen molar-refractivity contribution in [2.24, 2.45) is 0 Å². The van der Waals surface area contributed by atoms with E-state index in [0.717, 1.165) is 18.5 Å². The van der Waals surface area contributed by atoms with E-state index >= 15 is 0 Å². The number of likely N-dealkylation sites (N-methyl/N-ethyl adjacent to an activating group) is 1. The van der Waals surface area contributed by atoms with E-state index in [1.165, 1.54) is 12.2 Å². The van der Waals surface area contributed by atoms with Gasteiger partial charge in [-0.3, -0.25) is 9.63 Å². The minimum atomic E-state index is -0.116. The summed E-state index contributed by atoms with van der Waals surface area (Å²) in [7, 11) is 4.98. The van der Waals surface area contributed by atoms with Gasteiger partial charge in [-0.25, -0.2) is 5.06 Å². The predicted molar refractivity (Wildman–Crippen MR) is 63.2 cm³/mol. The molecule has 0 radical (unpaired) electrons. The first-order valence-electron chi connectivity index (χ1n) is 5.25. The molecule has 0 atom stereocenters. The molecule has 0 bridgehead atoms. The van der Waals surface area contributed by atoms with Crippen LogP contribution in [0, 0.1) is 0 Å². The first-order chi connectivity index (χ1) is 7.70. The molecule has 0 aromatic heterocycles. The number of hydroxylamine groups is 2. The summed E-state index contributed by atoms with van der Waals surface area (Å²) in [6.07, 6.45) is 0.829. The van der Waals surface area contributed by atoms with E-state index < -0.39 is 0 Å². The van der Waals surface area contributed by atoms with E-state index in [1.807, 2.05) is 31.3 Å². The predicted octanol–water partition coefficient (Wildman–Crippen LogP) is 1.08. The second-order valence-corrected chi connectivity index (χ2v) is 3.50. The molecule has 16 heavy (non-hydrogen) atoms. The average molecular weight is 222 g/mol. The molecule has 0 saturated carbocycles. The normalized spacial score (nSPS) is 10.2. The van der Waals surface area contributed by atoms with Crippen LogP contribution in [0.3, 0.4) is 0 Å². The molecule has 0 saturated heterocycles. The fraction of sp³-hybridized carbons (Fsp3) is 0.417. The van der Waals surface area contributed by atoms with Crippen LogP contribution in [0.1, 0.15) is 15.9 Å². The molecule has 0 unspecified atom stereocenters. The van der Waals surface area contributed by atoms with Gasteiger partial charge in [-0.05, 0) is 31.6 Å². The van der Waals surface area contributed by atoms with Gasteiger partial charge in [0.25, 0.3) is 5.91 Å². The largest absolute Gasteiger partial charge is 0.319 e. The van der Waals surface area contributed by atoms with Crippen molar-refractivity contribution in [1.82, 2.24) is 10.4 Å². The molecule has 0 aliphatic rings. The van der Waals surface area contributed by atoms with Crippen molar-refractivity contribution in [3.63, 3.8) is 0 Å². The van der Waals surface area contributed by atoms with Crippen LogP contribution in [0.15, 0.2) is 24.3 Å². The van der Waals surface area contributed by atoms with Crippen LogP contribution in [0.2, 0.25) is 0 Å². The summed E-state index contributed by atoms with van der Waals surface area (Å²) in [6.45, 7) is 0.848. The second-order valence-electron chi connectivity index (χ2n) is 3.50. The first-order valence-corrected chi connectivity index (χ1v) is 5.25. The smallest absolute Gasteiger partial charge is 0.277 e. The van der Waals surface area contributed by atoms with Crippen molar-refractivity contribution < 1.29 is 9.63 Å². The average Bonchev–Trinajstić information content (AvgIpc) is 2.34. The quantitative estimate of drug-likeness (QED) is 0.758. The van der Waals surface area contributed by atoms with Crippen LogP contribution in [0.5, 0.6) is 0 Å². The topological polar surface area (TPSA) is 41.6 Å². The summed E-state index contributed by atoms with van der Waals surface area (Å²) >= 11 is 0. The Morgan fingerprint density at radius 3 is 2.75 bits per heavy atom. The van der Waals surface area contributed by atoms with E-state index in [2.05, 4.69) is 5.32 Å². The number of hydrogen-bond acceptors (Lipinski definition) is 3. The molecule has 0 heterocycles. The highest BCUT2D eigenvalue weighted by Crippen LogP contribution is 2.11. The maximum atomic E-state index is 11.9. The molecule has 4 nitrogen and oxygen atoms in total. The van der Waals surface area contributed by atoms with Crippen molar-refractivity contribution in [2.75, 3.05) is 27.7 Å². The maximum absolute atomic E-state index is 11.9. The van der Waals surface area contributed by atoms with Crippen LogP contribution in [0.4, 0.5) is 0 Å². The van der Waals surface area contributed by atoms with Crippen LogP contribution >= 0.6 is 0 Å². The van der Waals surface area contributed by atoms with Gasteiger partial charge in [-0.1, -0.05) is 18.2 Å². The number of rotatable bonds is 5. The van der Waals surface area contributed by atoms with Crippen molar-refractivity contribution in [2.45, 2.75) is 6.42 Å². The van der Waals surface area contributed by atoms with Gasteiger partial charge in [0.05, 0.1) is 7.11 Å². The molecular formula is C12H18N2O2. The zero-order valence-electron chi connectivity index (χ0n) is 9.99. The molecule has 1 N–H and O–H groups in total. The Kier molecular flexibility index (Phi) is 4.95. The lowest BCUT2D eigenvalue weighted by molar-refractivity contribution is -0.0757. The number of hydrogen-bond donors (Lipinski definition) is 1. The third kappa shape index (κ3) is 3.05. The molecule has 1 rings (SSSR count). The Balaban J connectivity index is 2.89. The van der Waals surface area contributed by atoms with Crippen LogP contribution < -0.4 is 5.32 Å². The van der Waals surface area contributed by atoms with E-state index in [-0.39, 0.29) is 5.91 Å². The summed E-state index contributed by atoms with van der Waals surface area (Å²) in [5, 5.41) is 4.30. The fourth-order valence-corrected chi connectivity index (χ4v) is 1.46. The van der Waals surface area contributed by atoms with Crippen molar-refractivity contribution in [3.8, 4) is 0 Å². The van der Waals surface area contributed by atoms with Crippen molar-refractivity contribution >= 4 is 5.91 Å². The Morgan fingerprint density at radius 2 is 2.12 bits per heavy atom. The third-order valence-corrected chi connectivity index (χ3v) is 2.45. The highest BCUT2D eigenvalue weighted by molar-refractivity contribution is 5.94. The maximum Gasteiger partial charge on any atom is 0.277 e. The summed E-state index contributed by atoms with van der Waals surface area (Å²) in [5.41, 5.74) is 1.73. The minimum absolute atomic E-state index is 0.116. The van der Waals surface area contributed by atoms with E-state index in [1.54, 1.807) is 7.05 Å². The molecule has 1 aromatic rings. The summed E-state index contributed by atoms with van der Waals surface area (Å²) in [5.74, 6) is -0.116. The second kappa shape index (κ2) is 6.25. The number of carbonyl (C=O) groups excluding carboxylic acids is 1. The van der Waals surface area contributed by atoms with Gasteiger partial charge < -0.3 is 5.32 Å². The number of amides is 1. The number of carbonyl (C=O) groups is 1. The van der Waals surface area contributed by atoms with Gasteiger partial charge in [-0.2, -0.15) is 0 Å². The van der Waals surface area contributed by atoms with Gasteiger partial charge >= 0.3 is 0 Å². The minimum Gasteiger partial charge on any atom is -0.319 e. The first kappa shape index (κ1) is 12.7. The lowest BCUT2D eigenvalue weighted by atomic mass is 10.0. The molecule has 1 amide bonds. The van der Waals surface area contributed by atoms with Gasteiger partial charge in [-0.15, -0.1) is 0 Å². The Labute approximate surface area is 96.2 Å². The van der Waals surface area contributed by atoms with E-state index in [9.17, 15) is 4.79 Å². The summed E-state index contributed by atoms with van der Waals surface area (Å²) < 4.78 is 0. The number of benzene rings is 1. The number of nitrogens with zero attached hydrogens (tertiary/aromatic N) is 1. The standard InChI is InChI=1S/C12H18N2O2/c1-13-9-8-10-6-4-5-7-11(10)12(15)14(2)16-3/h4-7,13H,8-9H2,1-3H3. The molecule has 88 valence electrons. The van der Waals surface area contributed by atoms with E-state index in [4.69, 9.17) is 4.84 Å². The third-order valence-electron chi connectivity index (χ3n) is 2.45. The van der Waals surface area contributed by atoms with E-state index in [0.29, 0.717) is 5.56 Å². The Bertz CT molecular complexity index is 353. The fourth-order valence-electron chi connectivity index (χ4n) is 1.46. The van der Waals surface area contributed by atoms with Crippen molar-refractivity contribution in [3.05, 3.63) is 35.4 Å².